The van der Waals surface area contributed by atoms with Gasteiger partial charge in [0.15, 0.2) is 9.84 Å². The molecule has 0 amide bonds. The van der Waals surface area contributed by atoms with Gasteiger partial charge in [0.05, 0.1) is 4.92 Å². The molecule has 0 aromatic heterocycles. The van der Waals surface area contributed by atoms with Gasteiger partial charge in [-0.3, -0.25) is 10.1 Å². The lowest BCUT2D eigenvalue weighted by atomic mass is 10.1. The molecule has 8 heteroatoms. The molecule has 0 aliphatic heterocycles. The highest BCUT2D eigenvalue weighted by Gasteiger charge is 2.27. The first-order valence-electron chi connectivity index (χ1n) is 6.67. The maximum atomic E-state index is 11.8. The van der Waals surface area contributed by atoms with Crippen LogP contribution in [0.15, 0.2) is 47.4 Å². The van der Waals surface area contributed by atoms with E-state index in [1.165, 1.54) is 29.2 Å². The van der Waals surface area contributed by atoms with Gasteiger partial charge in [-0.15, -0.1) is 0 Å². The molecule has 23 heavy (non-hydrogen) atoms. The first kappa shape index (κ1) is 16.8. The maximum Gasteiger partial charge on any atom is 0.311 e. The summed E-state index contributed by atoms with van der Waals surface area (Å²) in [4.78, 5) is 11.9. The van der Waals surface area contributed by atoms with E-state index < -0.39 is 20.4 Å². The quantitative estimate of drug-likeness (QED) is 0.664. The van der Waals surface area contributed by atoms with Crippen molar-refractivity contribution in [3.05, 3.63) is 58.1 Å². The largest absolute Gasteiger partial charge is 0.508 e. The molecule has 1 N–H and O–H groups in total. The van der Waals surface area contributed by atoms with Crippen molar-refractivity contribution in [2.45, 2.75) is 11.4 Å². The monoisotopic (exact) mass is 336 g/mol. The normalized spacial score (nSPS) is 11.2. The number of nitrogens with zero attached hydrogens (tertiary/aromatic N) is 2. The fraction of sp³-hybridized carbons (Fsp3) is 0.200. The van der Waals surface area contributed by atoms with E-state index in [2.05, 4.69) is 0 Å². The molecule has 0 heterocycles. The van der Waals surface area contributed by atoms with Gasteiger partial charge in [-0.25, -0.2) is 8.42 Å². The Morgan fingerprint density at radius 2 is 1.83 bits per heavy atom. The first-order chi connectivity index (χ1) is 10.7. The van der Waals surface area contributed by atoms with Crippen molar-refractivity contribution in [3.8, 4) is 5.75 Å². The number of aromatic hydroxyl groups is 1. The number of para-hydroxylation sites is 2. The third-order valence-electron chi connectivity index (χ3n) is 3.37. The molecule has 0 radical (unpaired) electrons. The van der Waals surface area contributed by atoms with Gasteiger partial charge in [0.2, 0.25) is 0 Å². The first-order valence-corrected chi connectivity index (χ1v) is 8.56. The topological polar surface area (TPSA) is 101 Å². The van der Waals surface area contributed by atoms with Crippen LogP contribution in [0.25, 0.3) is 0 Å². The third-order valence-corrected chi connectivity index (χ3v) is 4.50. The number of phenolic OH excluding ortho intramolecular Hbond substituents is 1. The molecule has 0 saturated heterocycles. The van der Waals surface area contributed by atoms with Gasteiger partial charge in [-0.2, -0.15) is 0 Å². The van der Waals surface area contributed by atoms with Crippen LogP contribution in [0.5, 0.6) is 5.75 Å². The summed E-state index contributed by atoms with van der Waals surface area (Å²) in [6.07, 6.45) is 0.933. The van der Waals surface area contributed by atoms with E-state index in [4.69, 9.17) is 0 Å². The molecule has 2 aromatic rings. The Morgan fingerprint density at radius 1 is 1.17 bits per heavy atom. The lowest BCUT2D eigenvalue weighted by molar-refractivity contribution is -0.387. The summed E-state index contributed by atoms with van der Waals surface area (Å²) in [6, 6.07) is 10.8. The van der Waals surface area contributed by atoms with Crippen LogP contribution in [-0.2, 0) is 16.4 Å². The van der Waals surface area contributed by atoms with Crippen molar-refractivity contribution in [2.24, 2.45) is 0 Å². The second-order valence-electron chi connectivity index (χ2n) is 5.14. The smallest absolute Gasteiger partial charge is 0.311 e. The second-order valence-corrected chi connectivity index (χ2v) is 7.12. The van der Waals surface area contributed by atoms with Crippen molar-refractivity contribution in [1.29, 1.82) is 0 Å². The van der Waals surface area contributed by atoms with Crippen molar-refractivity contribution in [3.63, 3.8) is 0 Å². The molecule has 0 unspecified atom stereocenters. The molecule has 0 aliphatic rings. The van der Waals surface area contributed by atoms with Crippen LogP contribution >= 0.6 is 0 Å². The minimum atomic E-state index is -3.73. The zero-order valence-corrected chi connectivity index (χ0v) is 13.4. The second kappa shape index (κ2) is 6.25. The predicted octanol–water partition coefficient (Wildman–Crippen LogP) is 2.34. The Morgan fingerprint density at radius 3 is 2.39 bits per heavy atom. The molecular formula is C15H16N2O5S. The van der Waals surface area contributed by atoms with Crippen LogP contribution in [0.2, 0.25) is 0 Å². The number of sulfone groups is 1. The van der Waals surface area contributed by atoms with Crippen molar-refractivity contribution in [2.75, 3.05) is 18.2 Å². The molecule has 7 nitrogen and oxygen atoms in total. The molecule has 2 rings (SSSR count). The fourth-order valence-corrected chi connectivity index (χ4v) is 3.14. The summed E-state index contributed by atoms with van der Waals surface area (Å²) in [6.45, 7) is 0.195. The van der Waals surface area contributed by atoms with E-state index in [0.717, 1.165) is 6.26 Å². The van der Waals surface area contributed by atoms with E-state index in [1.807, 2.05) is 0 Å². The Balaban J connectivity index is 2.51. The lowest BCUT2D eigenvalue weighted by Gasteiger charge is -2.20. The van der Waals surface area contributed by atoms with Crippen LogP contribution < -0.4 is 4.90 Å². The van der Waals surface area contributed by atoms with E-state index in [0.29, 0.717) is 5.56 Å². The Hall–Kier alpha value is -2.61. The third kappa shape index (κ3) is 3.59. The predicted molar refractivity (Wildman–Crippen MR) is 86.4 cm³/mol. The van der Waals surface area contributed by atoms with Crippen LogP contribution in [-0.4, -0.2) is 31.8 Å². The number of nitro groups is 1. The average Bonchev–Trinajstić information content (AvgIpc) is 2.47. The van der Waals surface area contributed by atoms with Crippen LogP contribution in [0.1, 0.15) is 5.56 Å². The highest BCUT2D eigenvalue weighted by Crippen LogP contribution is 2.35. The minimum absolute atomic E-state index is 0.0706. The van der Waals surface area contributed by atoms with Crippen LogP contribution in [0.4, 0.5) is 11.4 Å². The molecule has 0 atom stereocenters. The maximum absolute atomic E-state index is 11.8. The Labute approximate surface area is 133 Å². The SMILES string of the molecule is CN(Cc1ccccc1O)c1cccc(S(C)(=O)=O)c1[N+](=O)[O-]. The van der Waals surface area contributed by atoms with E-state index in [-0.39, 0.29) is 22.9 Å². The highest BCUT2D eigenvalue weighted by atomic mass is 32.2. The number of anilines is 1. The summed E-state index contributed by atoms with van der Waals surface area (Å²) in [5.41, 5.74) is 0.281. The molecule has 0 saturated carbocycles. The van der Waals surface area contributed by atoms with Gasteiger partial charge in [-0.1, -0.05) is 24.3 Å². The molecule has 2 aromatic carbocycles. The molecule has 0 spiro atoms. The van der Waals surface area contributed by atoms with Gasteiger partial charge in [0, 0.05) is 25.4 Å². The van der Waals surface area contributed by atoms with E-state index >= 15 is 0 Å². The highest BCUT2D eigenvalue weighted by molar-refractivity contribution is 7.90. The van der Waals surface area contributed by atoms with Gasteiger partial charge in [0.1, 0.15) is 16.3 Å². The Bertz CT molecular complexity index is 849. The van der Waals surface area contributed by atoms with Gasteiger partial charge in [-0.05, 0) is 18.2 Å². The van der Waals surface area contributed by atoms with Crippen LogP contribution in [0, 0.1) is 10.1 Å². The summed E-state index contributed by atoms with van der Waals surface area (Å²) < 4.78 is 23.6. The van der Waals surface area contributed by atoms with Gasteiger partial charge >= 0.3 is 5.69 Å². The van der Waals surface area contributed by atoms with E-state index in [9.17, 15) is 23.6 Å². The number of hydrogen-bond acceptors (Lipinski definition) is 6. The summed E-state index contributed by atoms with van der Waals surface area (Å²) in [7, 11) is -2.14. The summed E-state index contributed by atoms with van der Waals surface area (Å²) >= 11 is 0. The molecule has 0 bridgehead atoms. The van der Waals surface area contributed by atoms with E-state index in [1.54, 1.807) is 25.2 Å². The number of rotatable bonds is 5. The summed E-state index contributed by atoms with van der Waals surface area (Å²) in [5.74, 6) is 0.0706. The fourth-order valence-electron chi connectivity index (χ4n) is 2.29. The van der Waals surface area contributed by atoms with Crippen molar-refractivity contribution < 1.29 is 18.4 Å². The standard InChI is InChI=1S/C15H16N2O5S/c1-16(10-11-6-3-4-8-13(11)18)12-7-5-9-14(23(2,21)22)15(12)17(19)20/h3-9,18H,10H2,1-2H3. The van der Waals surface area contributed by atoms with Crippen molar-refractivity contribution >= 4 is 21.2 Å². The van der Waals surface area contributed by atoms with Crippen LogP contribution in [0.3, 0.4) is 0 Å². The molecule has 0 fully saturated rings. The number of benzene rings is 2. The lowest BCUT2D eigenvalue weighted by Crippen LogP contribution is -2.19. The zero-order chi connectivity index (χ0) is 17.2. The number of hydrogen-bond donors (Lipinski definition) is 1. The minimum Gasteiger partial charge on any atom is -0.508 e. The zero-order valence-electron chi connectivity index (χ0n) is 12.6. The molecule has 0 aliphatic carbocycles. The number of phenols is 1. The Kier molecular flexibility index (Phi) is 4.55. The molecular weight excluding hydrogens is 320 g/mol. The summed E-state index contributed by atoms with van der Waals surface area (Å²) in [5, 5.41) is 21.2. The van der Waals surface area contributed by atoms with Gasteiger partial charge in [0.25, 0.3) is 0 Å². The van der Waals surface area contributed by atoms with Gasteiger partial charge < -0.3 is 10.0 Å². The molecule has 122 valence electrons. The average molecular weight is 336 g/mol. The number of nitro benzene ring substituents is 1. The van der Waals surface area contributed by atoms with Crippen molar-refractivity contribution in [1.82, 2.24) is 0 Å².